The van der Waals surface area contributed by atoms with E-state index < -0.39 is 10.0 Å². The summed E-state index contributed by atoms with van der Waals surface area (Å²) >= 11 is 1.58. The first-order valence-electron chi connectivity index (χ1n) is 9.56. The first-order valence-corrected chi connectivity index (χ1v) is 12.8. The van der Waals surface area contributed by atoms with E-state index in [9.17, 15) is 18.1 Å². The normalized spacial score (nSPS) is 14.1. The highest BCUT2D eigenvalue weighted by Gasteiger charge is 2.32. The molecule has 30 heavy (non-hydrogen) atoms. The van der Waals surface area contributed by atoms with Gasteiger partial charge < -0.3 is 4.42 Å². The second kappa shape index (κ2) is 7.97. The van der Waals surface area contributed by atoms with E-state index in [0.29, 0.717) is 45.8 Å². The number of fused-ring (bicyclic) bond motifs is 1. The van der Waals surface area contributed by atoms with E-state index in [-0.39, 0.29) is 11.7 Å². The number of rotatable bonds is 7. The first-order chi connectivity index (χ1) is 14.3. The van der Waals surface area contributed by atoms with Crippen molar-refractivity contribution in [3.63, 3.8) is 0 Å². The number of benzene rings is 2. The molecule has 1 fully saturated rings. The highest BCUT2D eigenvalue weighted by atomic mass is 32.2. The minimum absolute atomic E-state index is 0.277. The van der Waals surface area contributed by atoms with Gasteiger partial charge in [-0.15, -0.1) is 0 Å². The molecule has 1 aromatic heterocycles. The summed E-state index contributed by atoms with van der Waals surface area (Å²) in [7, 11) is -3.48. The molecule has 3 aromatic rings. The van der Waals surface area contributed by atoms with Crippen LogP contribution in [0.15, 0.2) is 40.8 Å². The SMILES string of the molecule is CSCCN(c1cc2oc(-c3ccc(F)cc3)c(C#N)c2cc1C1CC1)S(C)(=O)=O. The molecule has 8 heteroatoms. The van der Waals surface area contributed by atoms with Gasteiger partial charge >= 0.3 is 0 Å². The summed E-state index contributed by atoms with van der Waals surface area (Å²) in [5.74, 6) is 0.932. The molecule has 1 aliphatic rings. The summed E-state index contributed by atoms with van der Waals surface area (Å²) in [6.45, 7) is 0.363. The van der Waals surface area contributed by atoms with Crippen LogP contribution in [0.25, 0.3) is 22.3 Å². The van der Waals surface area contributed by atoms with Crippen LogP contribution in [0.1, 0.15) is 29.9 Å². The molecule has 0 spiro atoms. The quantitative estimate of drug-likeness (QED) is 0.506. The van der Waals surface area contributed by atoms with Gasteiger partial charge in [0.2, 0.25) is 10.0 Å². The zero-order chi connectivity index (χ0) is 21.5. The van der Waals surface area contributed by atoms with Crippen LogP contribution in [0.4, 0.5) is 10.1 Å². The van der Waals surface area contributed by atoms with Gasteiger partial charge in [-0.3, -0.25) is 4.31 Å². The van der Waals surface area contributed by atoms with Gasteiger partial charge in [0.15, 0.2) is 5.76 Å². The van der Waals surface area contributed by atoms with Gasteiger partial charge in [-0.1, -0.05) is 0 Å². The number of hydrogen-bond donors (Lipinski definition) is 0. The molecule has 0 N–H and O–H groups in total. The predicted molar refractivity (Wildman–Crippen MR) is 119 cm³/mol. The molecule has 2 aromatic carbocycles. The topological polar surface area (TPSA) is 74.3 Å². The summed E-state index contributed by atoms with van der Waals surface area (Å²) < 4.78 is 45.9. The Bertz CT molecular complexity index is 1240. The van der Waals surface area contributed by atoms with Gasteiger partial charge in [0.25, 0.3) is 0 Å². The molecular weight excluding hydrogens is 423 g/mol. The lowest BCUT2D eigenvalue weighted by molar-refractivity contribution is 0.597. The van der Waals surface area contributed by atoms with Crippen LogP contribution in [0.3, 0.4) is 0 Å². The molecule has 0 atom stereocenters. The van der Waals surface area contributed by atoms with Gasteiger partial charge in [0, 0.05) is 29.3 Å². The van der Waals surface area contributed by atoms with E-state index in [4.69, 9.17) is 4.42 Å². The molecule has 0 bridgehead atoms. The van der Waals surface area contributed by atoms with Crippen molar-refractivity contribution in [2.75, 3.05) is 29.1 Å². The van der Waals surface area contributed by atoms with Crippen LogP contribution in [-0.4, -0.2) is 33.2 Å². The number of sulfonamides is 1. The van der Waals surface area contributed by atoms with E-state index in [1.807, 2.05) is 12.3 Å². The molecule has 1 saturated carbocycles. The number of halogens is 1. The van der Waals surface area contributed by atoms with Crippen LogP contribution in [0, 0.1) is 17.1 Å². The van der Waals surface area contributed by atoms with E-state index in [1.165, 1.54) is 22.7 Å². The molecule has 156 valence electrons. The predicted octanol–water partition coefficient (Wildman–Crippen LogP) is 5.12. The minimum atomic E-state index is -3.48. The fraction of sp³-hybridized carbons (Fsp3) is 0.318. The Hall–Kier alpha value is -2.50. The first kappa shape index (κ1) is 20.8. The average Bonchev–Trinajstić information content (AvgIpc) is 3.48. The van der Waals surface area contributed by atoms with Crippen molar-refractivity contribution in [1.82, 2.24) is 0 Å². The third-order valence-corrected chi connectivity index (χ3v) is 7.01. The molecule has 0 unspecified atom stereocenters. The van der Waals surface area contributed by atoms with E-state index in [0.717, 1.165) is 18.4 Å². The maximum Gasteiger partial charge on any atom is 0.232 e. The summed E-state index contributed by atoms with van der Waals surface area (Å²) in [5, 5.41) is 10.5. The summed E-state index contributed by atoms with van der Waals surface area (Å²) in [5.41, 5.74) is 2.96. The molecular formula is C22H21FN2O3S2. The molecule has 0 amide bonds. The van der Waals surface area contributed by atoms with Crippen molar-refractivity contribution >= 4 is 38.4 Å². The van der Waals surface area contributed by atoms with E-state index >= 15 is 0 Å². The lowest BCUT2D eigenvalue weighted by atomic mass is 10.0. The Kier molecular flexibility index (Phi) is 5.51. The number of nitrogens with zero attached hydrogens (tertiary/aromatic N) is 2. The summed E-state index contributed by atoms with van der Waals surface area (Å²) in [6.07, 6.45) is 5.12. The highest BCUT2D eigenvalue weighted by Crippen LogP contribution is 2.47. The standard InChI is InChI=1S/C22H21FN2O3S2/c1-29-10-9-25(30(2,26)27)20-12-21-18(11-17(20)14-3-4-14)19(13-24)22(28-21)15-5-7-16(23)8-6-15/h5-8,11-12,14H,3-4,9-10H2,1-2H3. The minimum Gasteiger partial charge on any atom is -0.455 e. The van der Waals surface area contributed by atoms with Crippen molar-refractivity contribution < 1.29 is 17.2 Å². The largest absolute Gasteiger partial charge is 0.455 e. The van der Waals surface area contributed by atoms with Crippen LogP contribution in [-0.2, 0) is 10.0 Å². The number of hydrogen-bond acceptors (Lipinski definition) is 5. The summed E-state index contributed by atoms with van der Waals surface area (Å²) in [4.78, 5) is 0. The molecule has 1 aliphatic carbocycles. The third kappa shape index (κ3) is 3.92. The Morgan fingerprint density at radius 3 is 2.53 bits per heavy atom. The van der Waals surface area contributed by atoms with Crippen LogP contribution in [0.5, 0.6) is 0 Å². The molecule has 1 heterocycles. The fourth-order valence-electron chi connectivity index (χ4n) is 3.64. The Balaban J connectivity index is 1.93. The smallest absolute Gasteiger partial charge is 0.232 e. The molecule has 0 radical (unpaired) electrons. The Morgan fingerprint density at radius 2 is 1.97 bits per heavy atom. The zero-order valence-electron chi connectivity index (χ0n) is 16.7. The highest BCUT2D eigenvalue weighted by molar-refractivity contribution is 7.98. The van der Waals surface area contributed by atoms with E-state index in [1.54, 1.807) is 30.0 Å². The number of thioether (sulfide) groups is 1. The zero-order valence-corrected chi connectivity index (χ0v) is 18.3. The van der Waals surface area contributed by atoms with Gasteiger partial charge in [0.1, 0.15) is 23.0 Å². The third-order valence-electron chi connectivity index (χ3n) is 5.24. The van der Waals surface area contributed by atoms with Crippen LogP contribution >= 0.6 is 11.8 Å². The fourth-order valence-corrected chi connectivity index (χ4v) is 5.06. The van der Waals surface area contributed by atoms with Gasteiger partial charge in [-0.2, -0.15) is 17.0 Å². The maximum absolute atomic E-state index is 13.3. The molecule has 4 rings (SSSR count). The van der Waals surface area contributed by atoms with E-state index in [2.05, 4.69) is 6.07 Å². The number of furan rings is 1. The van der Waals surface area contributed by atoms with Crippen molar-refractivity contribution in [2.45, 2.75) is 18.8 Å². The average molecular weight is 445 g/mol. The lowest BCUT2D eigenvalue weighted by Gasteiger charge is -2.25. The van der Waals surface area contributed by atoms with Gasteiger partial charge in [-0.05, 0) is 60.9 Å². The molecule has 0 saturated heterocycles. The van der Waals surface area contributed by atoms with Crippen LogP contribution < -0.4 is 4.31 Å². The number of nitriles is 1. The second-order valence-electron chi connectivity index (χ2n) is 7.43. The summed E-state index contributed by atoms with van der Waals surface area (Å²) in [6, 6.07) is 11.6. The van der Waals surface area contributed by atoms with Crippen molar-refractivity contribution in [3.05, 3.63) is 53.3 Å². The second-order valence-corrected chi connectivity index (χ2v) is 10.3. The molecule has 5 nitrogen and oxygen atoms in total. The number of anilines is 1. The van der Waals surface area contributed by atoms with Gasteiger partial charge in [-0.25, -0.2) is 12.8 Å². The van der Waals surface area contributed by atoms with Crippen molar-refractivity contribution in [2.24, 2.45) is 0 Å². The van der Waals surface area contributed by atoms with Crippen molar-refractivity contribution in [1.29, 1.82) is 5.26 Å². The Labute approximate surface area is 179 Å². The Morgan fingerprint density at radius 1 is 1.27 bits per heavy atom. The monoisotopic (exact) mass is 444 g/mol. The van der Waals surface area contributed by atoms with Gasteiger partial charge in [0.05, 0.1) is 11.9 Å². The van der Waals surface area contributed by atoms with Crippen molar-refractivity contribution in [3.8, 4) is 17.4 Å². The maximum atomic E-state index is 13.3. The molecule has 0 aliphatic heterocycles. The van der Waals surface area contributed by atoms with Crippen LogP contribution in [0.2, 0.25) is 0 Å². The lowest BCUT2D eigenvalue weighted by Crippen LogP contribution is -2.32.